The molecule has 0 amide bonds. The molecule has 0 spiro atoms. The lowest BCUT2D eigenvalue weighted by Gasteiger charge is -1.95. The second-order valence-corrected chi connectivity index (χ2v) is 3.02. The lowest BCUT2D eigenvalue weighted by atomic mass is 10.2. The normalized spacial score (nSPS) is 11.1. The third kappa shape index (κ3) is 0.877. The number of hydrogen-bond acceptors (Lipinski definition) is 3. The van der Waals surface area contributed by atoms with E-state index >= 15 is 0 Å². The smallest absolute Gasteiger partial charge is 0.408 e. The molecule has 14 heavy (non-hydrogen) atoms. The largest absolute Gasteiger partial charge is 0.417 e. The van der Waals surface area contributed by atoms with E-state index in [0.29, 0.717) is 11.1 Å². The van der Waals surface area contributed by atoms with Crippen molar-refractivity contribution in [2.75, 3.05) is 0 Å². The molecule has 3 aromatic rings. The molecule has 68 valence electrons. The molecule has 0 aliphatic rings. The van der Waals surface area contributed by atoms with E-state index in [-0.39, 0.29) is 0 Å². The molecule has 3 rings (SSSR count). The van der Waals surface area contributed by atoms with Crippen LogP contribution in [0.4, 0.5) is 0 Å². The fourth-order valence-corrected chi connectivity index (χ4v) is 1.57. The fraction of sp³-hybridized carbons (Fsp3) is 0. The van der Waals surface area contributed by atoms with Gasteiger partial charge in [0.1, 0.15) is 0 Å². The number of hydrogen-bond donors (Lipinski definition) is 1. The molecule has 4 nitrogen and oxygen atoms in total. The van der Waals surface area contributed by atoms with Gasteiger partial charge in [0.2, 0.25) is 0 Å². The average Bonchev–Trinajstić information content (AvgIpc) is 2.59. The number of oxazole rings is 1. The van der Waals surface area contributed by atoms with Gasteiger partial charge in [-0.3, -0.25) is 9.97 Å². The third-order valence-corrected chi connectivity index (χ3v) is 2.18. The van der Waals surface area contributed by atoms with Crippen molar-refractivity contribution < 1.29 is 4.42 Å². The molecule has 0 saturated heterocycles. The molecule has 0 saturated carbocycles. The summed E-state index contributed by atoms with van der Waals surface area (Å²) in [6, 6.07) is 7.29. The minimum absolute atomic E-state index is 0.434. The first-order valence-corrected chi connectivity index (χ1v) is 4.21. The Kier molecular flexibility index (Phi) is 1.28. The average molecular weight is 186 g/mol. The van der Waals surface area contributed by atoms with Gasteiger partial charge in [-0.25, -0.2) is 4.79 Å². The Balaban J connectivity index is 2.66. The molecule has 1 aromatic carbocycles. The Bertz CT molecular complexity index is 666. The summed E-state index contributed by atoms with van der Waals surface area (Å²) in [6.45, 7) is 0. The summed E-state index contributed by atoms with van der Waals surface area (Å²) >= 11 is 0. The summed E-state index contributed by atoms with van der Waals surface area (Å²) < 4.78 is 4.94. The monoisotopic (exact) mass is 186 g/mol. The minimum atomic E-state index is -0.434. The Morgan fingerprint density at radius 3 is 3.14 bits per heavy atom. The van der Waals surface area contributed by atoms with Gasteiger partial charge in [0.25, 0.3) is 0 Å². The highest BCUT2D eigenvalue weighted by molar-refractivity contribution is 6.01. The Hall–Kier alpha value is -2.10. The number of nitrogens with one attached hydrogen (secondary N) is 1. The number of H-pyrrole nitrogens is 1. The maximum Gasteiger partial charge on any atom is 0.417 e. The van der Waals surface area contributed by atoms with Crippen LogP contribution >= 0.6 is 0 Å². The number of fused-ring (bicyclic) bond motifs is 3. The van der Waals surface area contributed by atoms with E-state index in [0.717, 1.165) is 10.9 Å². The van der Waals surface area contributed by atoms with Crippen LogP contribution in [0.2, 0.25) is 0 Å². The Morgan fingerprint density at radius 2 is 2.21 bits per heavy atom. The molecule has 0 aliphatic carbocycles. The molecule has 2 heterocycles. The van der Waals surface area contributed by atoms with Crippen molar-refractivity contribution in [2.45, 2.75) is 0 Å². The zero-order chi connectivity index (χ0) is 9.54. The maximum atomic E-state index is 11.0. The molecule has 0 bridgehead atoms. The van der Waals surface area contributed by atoms with Crippen molar-refractivity contribution in [3.8, 4) is 0 Å². The van der Waals surface area contributed by atoms with Gasteiger partial charge >= 0.3 is 5.76 Å². The van der Waals surface area contributed by atoms with E-state index in [1.54, 1.807) is 12.3 Å². The summed E-state index contributed by atoms with van der Waals surface area (Å²) in [6.07, 6.45) is 1.71. The molecule has 1 N–H and O–H groups in total. The van der Waals surface area contributed by atoms with Crippen LogP contribution in [0.3, 0.4) is 0 Å². The quantitative estimate of drug-likeness (QED) is 0.581. The van der Waals surface area contributed by atoms with E-state index < -0.39 is 5.76 Å². The highest BCUT2D eigenvalue weighted by Crippen LogP contribution is 2.20. The first-order valence-electron chi connectivity index (χ1n) is 4.21. The van der Waals surface area contributed by atoms with Gasteiger partial charge in [-0.15, -0.1) is 0 Å². The van der Waals surface area contributed by atoms with Gasteiger partial charge in [0, 0.05) is 11.6 Å². The van der Waals surface area contributed by atoms with Crippen molar-refractivity contribution in [1.29, 1.82) is 0 Å². The minimum Gasteiger partial charge on any atom is -0.408 e. The number of benzene rings is 1. The van der Waals surface area contributed by atoms with Gasteiger partial charge in [-0.05, 0) is 24.3 Å². The molecular formula is C10H6N2O2. The molecule has 2 aromatic heterocycles. The van der Waals surface area contributed by atoms with Crippen LogP contribution in [-0.4, -0.2) is 9.97 Å². The number of pyridine rings is 1. The van der Waals surface area contributed by atoms with E-state index in [1.165, 1.54) is 0 Å². The number of rotatable bonds is 0. The topological polar surface area (TPSA) is 58.9 Å². The van der Waals surface area contributed by atoms with E-state index in [2.05, 4.69) is 9.97 Å². The van der Waals surface area contributed by atoms with Crippen LogP contribution in [-0.2, 0) is 0 Å². The molecular weight excluding hydrogens is 180 g/mol. The number of aromatic nitrogens is 2. The molecule has 0 aliphatic heterocycles. The predicted molar refractivity (Wildman–Crippen MR) is 52.1 cm³/mol. The Morgan fingerprint density at radius 1 is 1.29 bits per heavy atom. The summed E-state index contributed by atoms with van der Waals surface area (Å²) in [5, 5.41) is 0.899. The standard InChI is InChI=1S/C10H6N2O2/c13-10-12-9-6-2-1-5-11-7(6)3-4-8(9)14-10/h1-5H,(H,12,13). The molecule has 0 radical (unpaired) electrons. The van der Waals surface area contributed by atoms with Crippen LogP contribution in [0, 0.1) is 0 Å². The Labute approximate surface area is 78.2 Å². The second-order valence-electron chi connectivity index (χ2n) is 3.02. The van der Waals surface area contributed by atoms with Gasteiger partial charge in [-0.2, -0.15) is 0 Å². The first-order chi connectivity index (χ1) is 6.84. The van der Waals surface area contributed by atoms with Crippen LogP contribution in [0.25, 0.3) is 22.0 Å². The number of nitrogens with zero attached hydrogens (tertiary/aromatic N) is 1. The summed E-state index contributed by atoms with van der Waals surface area (Å²) in [5.41, 5.74) is 2.12. The van der Waals surface area contributed by atoms with Crippen molar-refractivity contribution >= 4 is 22.0 Å². The first kappa shape index (κ1) is 7.32. The highest BCUT2D eigenvalue weighted by Gasteiger charge is 2.04. The van der Waals surface area contributed by atoms with Crippen molar-refractivity contribution in [2.24, 2.45) is 0 Å². The van der Waals surface area contributed by atoms with Gasteiger partial charge in [0.05, 0.1) is 11.0 Å². The SMILES string of the molecule is O=c1[nH]c2c(ccc3ncccc32)o1. The van der Waals surface area contributed by atoms with Crippen molar-refractivity contribution in [3.63, 3.8) is 0 Å². The lowest BCUT2D eigenvalue weighted by Crippen LogP contribution is -1.93. The van der Waals surface area contributed by atoms with Crippen LogP contribution < -0.4 is 5.76 Å². The summed E-state index contributed by atoms with van der Waals surface area (Å²) in [7, 11) is 0. The van der Waals surface area contributed by atoms with Gasteiger partial charge in [0.15, 0.2) is 5.58 Å². The zero-order valence-electron chi connectivity index (χ0n) is 7.15. The van der Waals surface area contributed by atoms with Crippen molar-refractivity contribution in [3.05, 3.63) is 41.0 Å². The van der Waals surface area contributed by atoms with Crippen LogP contribution in [0.15, 0.2) is 39.7 Å². The molecule has 0 unspecified atom stereocenters. The molecule has 0 fully saturated rings. The number of aromatic amines is 1. The predicted octanol–water partition coefficient (Wildman–Crippen LogP) is 1.67. The van der Waals surface area contributed by atoms with Gasteiger partial charge < -0.3 is 4.42 Å². The lowest BCUT2D eigenvalue weighted by molar-refractivity contribution is 0.555. The van der Waals surface area contributed by atoms with E-state index in [9.17, 15) is 4.79 Å². The van der Waals surface area contributed by atoms with Crippen molar-refractivity contribution in [1.82, 2.24) is 9.97 Å². The summed E-state index contributed by atoms with van der Waals surface area (Å²) in [4.78, 5) is 17.8. The van der Waals surface area contributed by atoms with E-state index in [1.807, 2.05) is 18.2 Å². The molecule has 0 atom stereocenters. The fourth-order valence-electron chi connectivity index (χ4n) is 1.57. The van der Waals surface area contributed by atoms with Crippen LogP contribution in [0.1, 0.15) is 0 Å². The molecule has 4 heteroatoms. The van der Waals surface area contributed by atoms with Gasteiger partial charge in [-0.1, -0.05) is 0 Å². The summed E-state index contributed by atoms with van der Waals surface area (Å²) in [5.74, 6) is -0.434. The van der Waals surface area contributed by atoms with E-state index in [4.69, 9.17) is 4.42 Å². The highest BCUT2D eigenvalue weighted by atomic mass is 16.4. The third-order valence-electron chi connectivity index (χ3n) is 2.18. The van der Waals surface area contributed by atoms with Crippen LogP contribution in [0.5, 0.6) is 0 Å². The second kappa shape index (κ2) is 2.45. The zero-order valence-corrected chi connectivity index (χ0v) is 7.15. The maximum absolute atomic E-state index is 11.0.